The van der Waals surface area contributed by atoms with E-state index in [1.54, 1.807) is 26.0 Å². The summed E-state index contributed by atoms with van der Waals surface area (Å²) in [4.78, 5) is 24.2. The molecule has 2 aliphatic carbocycles. The minimum atomic E-state index is -1.31. The molecule has 0 aromatic carbocycles. The Bertz CT molecular complexity index is 350. The predicted molar refractivity (Wildman–Crippen MR) is 70.3 cm³/mol. The van der Waals surface area contributed by atoms with Crippen molar-refractivity contribution in [1.82, 2.24) is 0 Å². The van der Waals surface area contributed by atoms with E-state index in [4.69, 9.17) is 9.47 Å². The van der Waals surface area contributed by atoms with Gasteiger partial charge in [-0.2, -0.15) is 0 Å². The van der Waals surface area contributed by atoms with Gasteiger partial charge in [0.25, 0.3) is 0 Å². The second-order valence-electron chi connectivity index (χ2n) is 5.79. The summed E-state index contributed by atoms with van der Waals surface area (Å²) in [5.74, 6) is -0.0285. The third kappa shape index (κ3) is 3.82. The number of hydrogen-bond donors (Lipinski definition) is 0. The Balaban J connectivity index is 1.92. The van der Waals surface area contributed by atoms with Gasteiger partial charge in [-0.25, -0.2) is 0 Å². The van der Waals surface area contributed by atoms with Crippen LogP contribution < -0.4 is 0 Å². The topological polar surface area (TPSA) is 52.6 Å². The maximum Gasteiger partial charge on any atom is 0.327 e. The Morgan fingerprint density at radius 1 is 1.05 bits per heavy atom. The van der Waals surface area contributed by atoms with Crippen LogP contribution in [0.4, 0.5) is 0 Å². The smallest absolute Gasteiger partial charge is 0.327 e. The second-order valence-corrected chi connectivity index (χ2v) is 5.79. The minimum absolute atomic E-state index is 0.419. The Kier molecular flexibility index (Phi) is 4.27. The average Bonchev–Trinajstić information content (AvgIpc) is 3.27. The van der Waals surface area contributed by atoms with Crippen LogP contribution in [-0.2, 0) is 19.1 Å². The van der Waals surface area contributed by atoms with E-state index >= 15 is 0 Å². The first-order valence-electron chi connectivity index (χ1n) is 7.04. The van der Waals surface area contributed by atoms with E-state index in [-0.39, 0.29) is 0 Å². The first-order chi connectivity index (χ1) is 9.06. The fourth-order valence-electron chi connectivity index (χ4n) is 1.81. The largest absolute Gasteiger partial charge is 0.464 e. The van der Waals surface area contributed by atoms with Crippen molar-refractivity contribution in [3.05, 3.63) is 12.2 Å². The molecule has 2 aliphatic rings. The van der Waals surface area contributed by atoms with Gasteiger partial charge in [0.2, 0.25) is 0 Å². The van der Waals surface area contributed by atoms with Crippen LogP contribution in [-0.4, -0.2) is 25.2 Å². The number of carbonyl (C=O) groups is 2. The molecule has 2 rings (SSSR count). The Morgan fingerprint density at radius 3 is 1.79 bits per heavy atom. The van der Waals surface area contributed by atoms with Gasteiger partial charge in [0.05, 0.1) is 13.2 Å². The van der Waals surface area contributed by atoms with E-state index in [1.807, 2.05) is 0 Å². The maximum atomic E-state index is 12.1. The molecule has 0 aliphatic heterocycles. The number of hydrogen-bond acceptors (Lipinski definition) is 4. The minimum Gasteiger partial charge on any atom is -0.464 e. The fourth-order valence-corrected chi connectivity index (χ4v) is 1.81. The van der Waals surface area contributed by atoms with E-state index in [0.717, 1.165) is 25.7 Å². The Labute approximate surface area is 114 Å². The summed E-state index contributed by atoms with van der Waals surface area (Å²) >= 11 is 0. The van der Waals surface area contributed by atoms with E-state index < -0.39 is 17.4 Å². The van der Waals surface area contributed by atoms with Crippen LogP contribution in [0.3, 0.4) is 0 Å². The molecular weight excluding hydrogens is 244 g/mol. The van der Waals surface area contributed by atoms with Crippen molar-refractivity contribution in [2.75, 3.05) is 13.2 Å². The molecule has 19 heavy (non-hydrogen) atoms. The van der Waals surface area contributed by atoms with Crippen LogP contribution in [0.25, 0.3) is 0 Å². The standard InChI is InChI=1S/C15H22O4/c1-3-8-15(2,13(16)18-9-11-4-5-11)14(17)19-10-12-6-7-12/h3,8,11-12H,4-7,9-10H2,1-2H3. The van der Waals surface area contributed by atoms with Gasteiger partial charge in [-0.05, 0) is 51.4 Å². The first-order valence-corrected chi connectivity index (χ1v) is 7.04. The van der Waals surface area contributed by atoms with E-state index in [1.165, 1.54) is 0 Å². The molecule has 0 aromatic heterocycles. The van der Waals surface area contributed by atoms with Crippen molar-refractivity contribution in [1.29, 1.82) is 0 Å². The van der Waals surface area contributed by atoms with Crippen LogP contribution in [0.15, 0.2) is 12.2 Å². The molecule has 106 valence electrons. The summed E-state index contributed by atoms with van der Waals surface area (Å²) in [6.45, 7) is 4.18. The van der Waals surface area contributed by atoms with Gasteiger partial charge < -0.3 is 9.47 Å². The van der Waals surface area contributed by atoms with Gasteiger partial charge in [-0.3, -0.25) is 9.59 Å². The third-order valence-corrected chi connectivity index (χ3v) is 3.64. The molecule has 2 fully saturated rings. The zero-order valence-electron chi connectivity index (χ0n) is 11.7. The molecule has 4 heteroatoms. The fraction of sp³-hybridized carbons (Fsp3) is 0.733. The highest BCUT2D eigenvalue weighted by molar-refractivity contribution is 6.01. The summed E-state index contributed by atoms with van der Waals surface area (Å²) in [5.41, 5.74) is -1.31. The van der Waals surface area contributed by atoms with Crippen LogP contribution >= 0.6 is 0 Å². The lowest BCUT2D eigenvalue weighted by Gasteiger charge is -2.22. The van der Waals surface area contributed by atoms with E-state index in [0.29, 0.717) is 25.0 Å². The summed E-state index contributed by atoms with van der Waals surface area (Å²) < 4.78 is 10.5. The molecule has 0 unspecified atom stereocenters. The zero-order valence-corrected chi connectivity index (χ0v) is 11.7. The SMILES string of the molecule is CC=CC(C)(C(=O)OCC1CC1)C(=O)OCC1CC1. The molecule has 0 aromatic rings. The third-order valence-electron chi connectivity index (χ3n) is 3.64. The monoisotopic (exact) mass is 266 g/mol. The first kappa shape index (κ1) is 14.1. The number of allylic oxidation sites excluding steroid dienone is 1. The van der Waals surface area contributed by atoms with Crippen molar-refractivity contribution in [3.8, 4) is 0 Å². The van der Waals surface area contributed by atoms with E-state index in [9.17, 15) is 9.59 Å². The molecule has 0 amide bonds. The molecule has 0 saturated heterocycles. The molecule has 0 bridgehead atoms. The highest BCUT2D eigenvalue weighted by Gasteiger charge is 2.43. The zero-order chi connectivity index (χ0) is 13.9. The van der Waals surface area contributed by atoms with Crippen molar-refractivity contribution < 1.29 is 19.1 Å². The maximum absolute atomic E-state index is 12.1. The molecule has 0 atom stereocenters. The quantitative estimate of drug-likeness (QED) is 0.403. The normalized spacial score (nSPS) is 19.5. The lowest BCUT2D eigenvalue weighted by atomic mass is 9.90. The molecule has 0 radical (unpaired) electrons. The van der Waals surface area contributed by atoms with Crippen molar-refractivity contribution in [2.24, 2.45) is 17.3 Å². The molecule has 0 heterocycles. The van der Waals surface area contributed by atoms with Crippen LogP contribution in [0.1, 0.15) is 39.5 Å². The van der Waals surface area contributed by atoms with Gasteiger partial charge >= 0.3 is 11.9 Å². The van der Waals surface area contributed by atoms with Crippen molar-refractivity contribution in [2.45, 2.75) is 39.5 Å². The number of carbonyl (C=O) groups excluding carboxylic acids is 2. The van der Waals surface area contributed by atoms with Gasteiger partial charge in [0.15, 0.2) is 5.41 Å². The van der Waals surface area contributed by atoms with E-state index in [2.05, 4.69) is 0 Å². The molecular formula is C15H22O4. The summed E-state index contributed by atoms with van der Waals surface area (Å²) in [6, 6.07) is 0. The molecule has 0 N–H and O–H groups in total. The number of rotatable bonds is 7. The molecule has 2 saturated carbocycles. The molecule has 4 nitrogen and oxygen atoms in total. The predicted octanol–water partition coefficient (Wildman–Crippen LogP) is 2.48. The van der Waals surface area contributed by atoms with Crippen LogP contribution in [0, 0.1) is 17.3 Å². The summed E-state index contributed by atoms with van der Waals surface area (Å²) in [7, 11) is 0. The van der Waals surface area contributed by atoms with Gasteiger partial charge in [0, 0.05) is 0 Å². The van der Waals surface area contributed by atoms with Gasteiger partial charge in [-0.1, -0.05) is 12.2 Å². The highest BCUT2D eigenvalue weighted by atomic mass is 16.6. The lowest BCUT2D eigenvalue weighted by Crippen LogP contribution is -2.38. The highest BCUT2D eigenvalue weighted by Crippen LogP contribution is 2.32. The lowest BCUT2D eigenvalue weighted by molar-refractivity contribution is -0.167. The Hall–Kier alpha value is -1.32. The summed E-state index contributed by atoms with van der Waals surface area (Å²) in [5, 5.41) is 0. The Morgan fingerprint density at radius 2 is 1.47 bits per heavy atom. The second kappa shape index (κ2) is 5.76. The van der Waals surface area contributed by atoms with Crippen molar-refractivity contribution in [3.63, 3.8) is 0 Å². The summed E-state index contributed by atoms with van der Waals surface area (Å²) in [6.07, 6.45) is 7.70. The van der Waals surface area contributed by atoms with Gasteiger partial charge in [-0.15, -0.1) is 0 Å². The number of ether oxygens (including phenoxy) is 2. The molecule has 0 spiro atoms. The van der Waals surface area contributed by atoms with Crippen LogP contribution in [0.2, 0.25) is 0 Å². The average molecular weight is 266 g/mol. The number of esters is 2. The van der Waals surface area contributed by atoms with Crippen LogP contribution in [0.5, 0.6) is 0 Å². The van der Waals surface area contributed by atoms with Crippen molar-refractivity contribution >= 4 is 11.9 Å². The van der Waals surface area contributed by atoms with Gasteiger partial charge in [0.1, 0.15) is 0 Å².